The van der Waals surface area contributed by atoms with Gasteiger partial charge in [0, 0.05) is 17.8 Å². The SMILES string of the molecule is COc1cc(F)c(OC2CCC(C(=O)OC(C)(C)C)CC2)cc1C(=O)NC1CCC1C(=O)Nc1ccc(F)c(C(F)(F)F)c1. The highest BCUT2D eigenvalue weighted by molar-refractivity contribution is 5.99. The summed E-state index contributed by atoms with van der Waals surface area (Å²) in [6, 6.07) is 3.72. The third-order valence-corrected chi connectivity index (χ3v) is 7.67. The second-order valence-electron chi connectivity index (χ2n) is 12.1. The van der Waals surface area contributed by atoms with Gasteiger partial charge in [-0.3, -0.25) is 14.4 Å². The van der Waals surface area contributed by atoms with E-state index >= 15 is 0 Å². The summed E-state index contributed by atoms with van der Waals surface area (Å²) in [5.74, 6) is -5.07. The van der Waals surface area contributed by atoms with E-state index in [0.717, 1.165) is 12.1 Å². The molecule has 2 aliphatic carbocycles. The zero-order valence-electron chi connectivity index (χ0n) is 24.8. The number of hydrogen-bond acceptors (Lipinski definition) is 6. The Bertz CT molecular complexity index is 1400. The van der Waals surface area contributed by atoms with E-state index in [1.165, 1.54) is 13.2 Å². The van der Waals surface area contributed by atoms with Gasteiger partial charge in [-0.1, -0.05) is 0 Å². The second kappa shape index (κ2) is 13.0. The van der Waals surface area contributed by atoms with Gasteiger partial charge in [-0.25, -0.2) is 8.78 Å². The van der Waals surface area contributed by atoms with E-state index in [0.29, 0.717) is 50.7 Å². The molecule has 2 aliphatic rings. The van der Waals surface area contributed by atoms with Crippen LogP contribution in [0.4, 0.5) is 27.6 Å². The first-order valence-electron chi connectivity index (χ1n) is 14.3. The Labute approximate surface area is 251 Å². The maximum absolute atomic E-state index is 14.9. The van der Waals surface area contributed by atoms with Crippen LogP contribution in [0.1, 0.15) is 75.2 Å². The Morgan fingerprint density at radius 1 is 0.864 bits per heavy atom. The fraction of sp³-hybridized carbons (Fsp3) is 0.516. The van der Waals surface area contributed by atoms with Crippen LogP contribution in [-0.4, -0.2) is 42.6 Å². The molecule has 0 saturated heterocycles. The maximum Gasteiger partial charge on any atom is 0.419 e. The number of esters is 1. The van der Waals surface area contributed by atoms with Crippen molar-refractivity contribution in [3.63, 3.8) is 0 Å². The Hall–Kier alpha value is -3.90. The third kappa shape index (κ3) is 7.97. The summed E-state index contributed by atoms with van der Waals surface area (Å²) in [6.45, 7) is 5.39. The lowest BCUT2D eigenvalue weighted by Gasteiger charge is -2.36. The molecule has 2 N–H and O–H groups in total. The zero-order chi connectivity index (χ0) is 32.4. The molecule has 0 bridgehead atoms. The monoisotopic (exact) mass is 626 g/mol. The highest BCUT2D eigenvalue weighted by Crippen LogP contribution is 2.36. The predicted octanol–water partition coefficient (Wildman–Crippen LogP) is 6.42. The molecule has 4 rings (SSSR count). The molecule has 0 radical (unpaired) electrons. The molecule has 2 fully saturated rings. The number of alkyl halides is 3. The van der Waals surface area contributed by atoms with Crippen LogP contribution in [0.3, 0.4) is 0 Å². The van der Waals surface area contributed by atoms with Crippen LogP contribution in [0.15, 0.2) is 30.3 Å². The summed E-state index contributed by atoms with van der Waals surface area (Å²) < 4.78 is 84.2. The van der Waals surface area contributed by atoms with E-state index < -0.39 is 58.9 Å². The lowest BCUT2D eigenvalue weighted by molar-refractivity contribution is -0.161. The molecule has 8 nitrogen and oxygen atoms in total. The van der Waals surface area contributed by atoms with Crippen molar-refractivity contribution in [3.8, 4) is 11.5 Å². The molecule has 2 unspecified atom stereocenters. The van der Waals surface area contributed by atoms with Crippen LogP contribution in [0, 0.1) is 23.5 Å². The fourth-order valence-corrected chi connectivity index (χ4v) is 5.24. The molecular weight excluding hydrogens is 591 g/mol. The van der Waals surface area contributed by atoms with Gasteiger partial charge >= 0.3 is 12.1 Å². The topological polar surface area (TPSA) is 103 Å². The van der Waals surface area contributed by atoms with Gasteiger partial charge in [0.15, 0.2) is 11.6 Å². The van der Waals surface area contributed by atoms with E-state index in [1.807, 2.05) is 0 Å². The number of halogens is 5. The Balaban J connectivity index is 1.39. The summed E-state index contributed by atoms with van der Waals surface area (Å²) in [5, 5.41) is 5.06. The Morgan fingerprint density at radius 3 is 2.11 bits per heavy atom. The largest absolute Gasteiger partial charge is 0.496 e. The maximum atomic E-state index is 14.9. The first-order valence-corrected chi connectivity index (χ1v) is 14.3. The molecule has 0 aromatic heterocycles. The quantitative estimate of drug-likeness (QED) is 0.259. The smallest absolute Gasteiger partial charge is 0.419 e. The molecule has 0 heterocycles. The molecule has 0 spiro atoms. The van der Waals surface area contributed by atoms with Crippen molar-refractivity contribution in [2.45, 2.75) is 83.2 Å². The van der Waals surface area contributed by atoms with Crippen molar-refractivity contribution in [1.82, 2.24) is 5.32 Å². The summed E-state index contributed by atoms with van der Waals surface area (Å²) in [4.78, 5) is 38.4. The number of carbonyl (C=O) groups is 3. The second-order valence-corrected chi connectivity index (χ2v) is 12.1. The molecule has 2 saturated carbocycles. The number of methoxy groups -OCH3 is 1. The number of nitrogens with one attached hydrogen (secondary N) is 2. The van der Waals surface area contributed by atoms with Crippen LogP contribution in [0.25, 0.3) is 0 Å². The van der Waals surface area contributed by atoms with Gasteiger partial charge in [0.25, 0.3) is 5.91 Å². The molecule has 0 aliphatic heterocycles. The van der Waals surface area contributed by atoms with Gasteiger partial charge in [0.2, 0.25) is 5.91 Å². The summed E-state index contributed by atoms with van der Waals surface area (Å²) in [7, 11) is 1.27. The molecule has 13 heteroatoms. The van der Waals surface area contributed by atoms with Crippen molar-refractivity contribution in [1.29, 1.82) is 0 Å². The lowest BCUT2D eigenvalue weighted by Crippen LogP contribution is -2.51. The van der Waals surface area contributed by atoms with Gasteiger partial charge in [-0.15, -0.1) is 0 Å². The van der Waals surface area contributed by atoms with Gasteiger partial charge in [0.1, 0.15) is 17.2 Å². The standard InChI is InChI=1S/C31H35F5N2O6/c1-30(2,3)44-29(41)16-5-8-18(9-6-16)43-26-14-20(25(42-4)15-23(26)33)28(40)38-24-12-10-19(24)27(39)37-17-7-11-22(32)21(13-17)31(34,35)36/h7,11,13-16,18-19,24H,5-6,8-10,12H2,1-4H3,(H,37,39)(H,38,40). The molecular formula is C31H35F5N2O6. The minimum Gasteiger partial charge on any atom is -0.496 e. The number of ether oxygens (including phenoxy) is 3. The van der Waals surface area contributed by atoms with Gasteiger partial charge < -0.3 is 24.8 Å². The van der Waals surface area contributed by atoms with Crippen LogP contribution in [0.2, 0.25) is 0 Å². The van der Waals surface area contributed by atoms with Gasteiger partial charge in [-0.05, 0) is 83.6 Å². The molecule has 2 aromatic carbocycles. The highest BCUT2D eigenvalue weighted by Gasteiger charge is 2.39. The fourth-order valence-electron chi connectivity index (χ4n) is 5.24. The van der Waals surface area contributed by atoms with Crippen molar-refractivity contribution in [3.05, 3.63) is 53.1 Å². The minimum absolute atomic E-state index is 0.0363. The molecule has 2 amide bonds. The van der Waals surface area contributed by atoms with Gasteiger partial charge in [0.05, 0.1) is 36.2 Å². The molecule has 44 heavy (non-hydrogen) atoms. The van der Waals surface area contributed by atoms with E-state index in [2.05, 4.69) is 10.6 Å². The van der Waals surface area contributed by atoms with Crippen LogP contribution in [0.5, 0.6) is 11.5 Å². The summed E-state index contributed by atoms with van der Waals surface area (Å²) >= 11 is 0. The summed E-state index contributed by atoms with van der Waals surface area (Å²) in [5.41, 5.74) is -2.37. The number of carbonyl (C=O) groups excluding carboxylic acids is 3. The number of hydrogen-bond donors (Lipinski definition) is 2. The minimum atomic E-state index is -4.94. The first kappa shape index (κ1) is 33.0. The van der Waals surface area contributed by atoms with E-state index in [-0.39, 0.29) is 34.6 Å². The number of amides is 2. The Kier molecular flexibility index (Phi) is 9.74. The van der Waals surface area contributed by atoms with Crippen LogP contribution >= 0.6 is 0 Å². The first-order chi connectivity index (χ1) is 20.6. The van der Waals surface area contributed by atoms with Gasteiger partial charge in [-0.2, -0.15) is 13.2 Å². The van der Waals surface area contributed by atoms with Crippen molar-refractivity contribution >= 4 is 23.5 Å². The molecule has 2 aromatic rings. The van der Waals surface area contributed by atoms with E-state index in [9.17, 15) is 36.3 Å². The molecule has 240 valence electrons. The Morgan fingerprint density at radius 2 is 1.55 bits per heavy atom. The summed E-state index contributed by atoms with van der Waals surface area (Å²) in [6.07, 6.45) is -2.59. The third-order valence-electron chi connectivity index (χ3n) is 7.67. The van der Waals surface area contributed by atoms with Crippen molar-refractivity contribution in [2.24, 2.45) is 11.8 Å². The number of rotatable bonds is 8. The highest BCUT2D eigenvalue weighted by atomic mass is 19.4. The average molecular weight is 627 g/mol. The lowest BCUT2D eigenvalue weighted by atomic mass is 9.78. The van der Waals surface area contributed by atoms with E-state index in [4.69, 9.17) is 14.2 Å². The van der Waals surface area contributed by atoms with Crippen molar-refractivity contribution in [2.75, 3.05) is 12.4 Å². The van der Waals surface area contributed by atoms with Crippen molar-refractivity contribution < 1.29 is 50.5 Å². The normalized spacial score (nSPS) is 21.9. The van der Waals surface area contributed by atoms with E-state index in [1.54, 1.807) is 20.8 Å². The molecule has 2 atom stereocenters. The van der Waals surface area contributed by atoms with Crippen LogP contribution in [-0.2, 0) is 20.5 Å². The predicted molar refractivity (Wildman–Crippen MR) is 149 cm³/mol. The number of anilines is 1. The number of benzene rings is 2. The average Bonchev–Trinajstić information content (AvgIpc) is 2.91. The zero-order valence-corrected chi connectivity index (χ0v) is 24.8. The van der Waals surface area contributed by atoms with Crippen LogP contribution < -0.4 is 20.1 Å².